The van der Waals surface area contributed by atoms with Crippen LogP contribution in [0.5, 0.6) is 0 Å². The van der Waals surface area contributed by atoms with Gasteiger partial charge in [0, 0.05) is 42.5 Å². The maximum Gasteiger partial charge on any atom is 0.256 e. The van der Waals surface area contributed by atoms with Crippen molar-refractivity contribution >= 4 is 50.6 Å². The highest BCUT2D eigenvalue weighted by Crippen LogP contribution is 2.34. The maximum absolute atomic E-state index is 13.8. The van der Waals surface area contributed by atoms with E-state index in [1.807, 2.05) is 24.1 Å². The minimum Gasteiger partial charge on any atom is -0.390 e. The fourth-order valence-corrected chi connectivity index (χ4v) is 6.11. The number of nitrogens with two attached hydrogens (primary N) is 1. The first kappa shape index (κ1) is 27.2. The summed E-state index contributed by atoms with van der Waals surface area (Å²) in [5.41, 5.74) is 7.78. The van der Waals surface area contributed by atoms with Crippen LogP contribution in [0.25, 0.3) is 5.65 Å². The Balaban J connectivity index is 1.47. The van der Waals surface area contributed by atoms with E-state index in [0.717, 1.165) is 24.7 Å². The van der Waals surface area contributed by atoms with Crippen LogP contribution in [0.15, 0.2) is 30.5 Å². The van der Waals surface area contributed by atoms with Gasteiger partial charge in [-0.15, -0.1) is 0 Å². The van der Waals surface area contributed by atoms with Gasteiger partial charge in [-0.25, -0.2) is 17.9 Å². The number of nitrogens with zero attached hydrogens (tertiary/aromatic N) is 5. The Bertz CT molecular complexity index is 1560. The molecule has 1 aromatic carbocycles. The fourth-order valence-electron chi connectivity index (χ4n) is 5.36. The van der Waals surface area contributed by atoms with Crippen LogP contribution >= 0.6 is 11.6 Å². The highest BCUT2D eigenvalue weighted by atomic mass is 35.5. The lowest BCUT2D eigenvalue weighted by molar-refractivity contribution is -0.123. The van der Waals surface area contributed by atoms with Gasteiger partial charge in [0.1, 0.15) is 5.82 Å². The van der Waals surface area contributed by atoms with Gasteiger partial charge in [0.15, 0.2) is 5.65 Å². The molecule has 4 N–H and O–H groups in total. The largest absolute Gasteiger partial charge is 0.390 e. The van der Waals surface area contributed by atoms with E-state index in [0.29, 0.717) is 35.1 Å². The van der Waals surface area contributed by atoms with Crippen LogP contribution in [-0.2, 0) is 14.8 Å². The molecule has 2 saturated heterocycles. The van der Waals surface area contributed by atoms with Crippen LogP contribution in [0.3, 0.4) is 0 Å². The molecular weight excluding hydrogens is 546 g/mol. The van der Waals surface area contributed by atoms with Crippen LogP contribution in [0.1, 0.15) is 46.9 Å². The molecule has 2 aromatic heterocycles. The number of primary amides is 1. The number of aromatic nitrogens is 3. The fraction of sp³-hybridized carbons (Fsp3) is 0.440. The van der Waals surface area contributed by atoms with Crippen molar-refractivity contribution in [2.24, 2.45) is 11.7 Å². The number of carbonyl (C=O) groups excluding carboxylic acids is 2. The average Bonchev–Trinajstić information content (AvgIpc) is 3.46. The van der Waals surface area contributed by atoms with Crippen molar-refractivity contribution in [2.45, 2.75) is 38.3 Å². The van der Waals surface area contributed by atoms with Crippen molar-refractivity contribution < 1.29 is 23.1 Å². The third-order valence-electron chi connectivity index (χ3n) is 7.19. The third kappa shape index (κ3) is 5.52. The number of amides is 2. The molecule has 0 spiro atoms. The zero-order chi connectivity index (χ0) is 28.1. The highest BCUT2D eigenvalue weighted by molar-refractivity contribution is 7.92. The smallest absolute Gasteiger partial charge is 0.256 e. The second kappa shape index (κ2) is 10.3. The molecule has 2 aliphatic rings. The lowest BCUT2D eigenvalue weighted by Crippen LogP contribution is -2.39. The van der Waals surface area contributed by atoms with E-state index in [1.165, 1.54) is 18.2 Å². The van der Waals surface area contributed by atoms with Gasteiger partial charge in [-0.1, -0.05) is 11.6 Å². The predicted octanol–water partition coefficient (Wildman–Crippen LogP) is 1.71. The molecule has 0 saturated carbocycles. The minimum atomic E-state index is -3.62. The molecule has 39 heavy (non-hydrogen) atoms. The summed E-state index contributed by atoms with van der Waals surface area (Å²) in [7, 11) is -3.62. The molecule has 0 unspecified atom stereocenters. The molecule has 0 bridgehead atoms. The minimum absolute atomic E-state index is 0.162. The zero-order valence-corrected chi connectivity index (χ0v) is 23.1. The van der Waals surface area contributed by atoms with Crippen molar-refractivity contribution in [1.82, 2.24) is 19.5 Å². The van der Waals surface area contributed by atoms with Gasteiger partial charge in [-0.2, -0.15) is 5.10 Å². The number of piperidine rings is 1. The van der Waals surface area contributed by atoms with E-state index in [9.17, 15) is 23.1 Å². The Morgan fingerprint density at radius 3 is 2.67 bits per heavy atom. The van der Waals surface area contributed by atoms with Crippen molar-refractivity contribution in [1.29, 1.82) is 0 Å². The van der Waals surface area contributed by atoms with E-state index in [2.05, 4.69) is 4.72 Å². The molecule has 5 rings (SSSR count). The molecule has 2 amide bonds. The molecule has 4 heterocycles. The summed E-state index contributed by atoms with van der Waals surface area (Å²) in [6.45, 7) is 2.86. The van der Waals surface area contributed by atoms with Gasteiger partial charge >= 0.3 is 0 Å². The average molecular weight is 576 g/mol. The van der Waals surface area contributed by atoms with Gasteiger partial charge in [0.25, 0.3) is 5.91 Å². The number of anilines is 2. The number of aryl methyl sites for hydroxylation is 1. The van der Waals surface area contributed by atoms with E-state index in [-0.39, 0.29) is 36.3 Å². The first-order valence-corrected chi connectivity index (χ1v) is 14.9. The molecule has 14 heteroatoms. The second-order valence-electron chi connectivity index (χ2n) is 10.2. The number of likely N-dealkylation sites (tertiary alicyclic amines) is 1. The Hall–Kier alpha value is -3.42. The molecule has 3 atom stereocenters. The van der Waals surface area contributed by atoms with Crippen LogP contribution in [0, 0.1) is 12.8 Å². The summed E-state index contributed by atoms with van der Waals surface area (Å²) >= 11 is 6.18. The first-order chi connectivity index (χ1) is 18.4. The molecule has 2 fully saturated rings. The molecule has 2 aliphatic heterocycles. The van der Waals surface area contributed by atoms with Crippen molar-refractivity contribution in [3.05, 3.63) is 52.3 Å². The number of fused-ring (bicyclic) bond motifs is 1. The molecule has 0 aliphatic carbocycles. The summed E-state index contributed by atoms with van der Waals surface area (Å²) in [5, 5.41) is 15.3. The monoisotopic (exact) mass is 575 g/mol. The van der Waals surface area contributed by atoms with Gasteiger partial charge in [0.05, 0.1) is 41.3 Å². The number of β-amino-alcohol motifs (C(OH)–C–C–N with tert-alkyl or cyclic N) is 1. The molecule has 0 radical (unpaired) electrons. The van der Waals surface area contributed by atoms with Crippen LogP contribution < -0.4 is 15.4 Å². The summed E-state index contributed by atoms with van der Waals surface area (Å²) in [6, 6.07) is 5.94. The summed E-state index contributed by atoms with van der Waals surface area (Å²) in [4.78, 5) is 33.8. The number of nitrogens with one attached hydrogen (secondary N) is 1. The predicted molar refractivity (Wildman–Crippen MR) is 146 cm³/mol. The number of rotatable bonds is 6. The van der Waals surface area contributed by atoms with Crippen molar-refractivity contribution in [3.63, 3.8) is 0 Å². The van der Waals surface area contributed by atoms with Crippen LogP contribution in [-0.4, -0.2) is 76.8 Å². The third-order valence-corrected chi connectivity index (χ3v) is 8.02. The Morgan fingerprint density at radius 2 is 1.97 bits per heavy atom. The number of halogens is 1. The van der Waals surface area contributed by atoms with E-state index >= 15 is 0 Å². The Labute approximate surface area is 230 Å². The molecule has 3 aromatic rings. The highest BCUT2D eigenvalue weighted by Gasteiger charge is 2.37. The Kier molecular flexibility index (Phi) is 7.16. The van der Waals surface area contributed by atoms with Crippen LogP contribution in [0.2, 0.25) is 5.02 Å². The molecular formula is C25H30ClN7O5S. The van der Waals surface area contributed by atoms with E-state index in [4.69, 9.17) is 27.4 Å². The summed E-state index contributed by atoms with van der Waals surface area (Å²) in [6.07, 6.45) is 4.35. The van der Waals surface area contributed by atoms with Gasteiger partial charge in [0.2, 0.25) is 15.9 Å². The number of sulfonamides is 1. The van der Waals surface area contributed by atoms with Crippen molar-refractivity contribution in [2.75, 3.05) is 35.5 Å². The number of aliphatic hydroxyl groups is 1. The maximum atomic E-state index is 13.8. The number of aliphatic hydroxyl groups excluding tert-OH is 1. The van der Waals surface area contributed by atoms with Gasteiger partial charge < -0.3 is 20.6 Å². The topological polar surface area (TPSA) is 163 Å². The lowest BCUT2D eigenvalue weighted by atomic mass is 9.98. The standard InChI is InChI=1S/C25H30ClN7O5S/c1-14-11-33-22(28-24(14)31-12-17(23(27)35)21(34)13-31)10-19(29-33)20-5-3-4-8-32(20)25(36)16-9-15(26)6-7-18(16)30-39(2,37)38/h6-7,9-11,17,20-21,30,34H,3-5,8,12-13H2,1-2H3,(H2,27,35)/t17-,20-,21-/m1/s1. The molecule has 208 valence electrons. The lowest BCUT2D eigenvalue weighted by Gasteiger charge is -2.35. The Morgan fingerprint density at radius 1 is 1.21 bits per heavy atom. The van der Waals surface area contributed by atoms with Crippen molar-refractivity contribution in [3.8, 4) is 0 Å². The number of carbonyl (C=O) groups is 2. The number of hydrogen-bond donors (Lipinski definition) is 3. The van der Waals surface area contributed by atoms with Crippen LogP contribution in [0.4, 0.5) is 11.5 Å². The van der Waals surface area contributed by atoms with E-state index in [1.54, 1.807) is 9.42 Å². The summed E-state index contributed by atoms with van der Waals surface area (Å²) < 4.78 is 27.9. The van der Waals surface area contributed by atoms with Gasteiger partial charge in [-0.05, 0) is 44.4 Å². The SMILES string of the molecule is Cc1cn2nc([C@H]3CCCCN3C(=O)c3cc(Cl)ccc3NS(C)(=O)=O)cc2nc1N1C[C@@H](O)[C@H](C(N)=O)C1. The number of hydrogen-bond acceptors (Lipinski definition) is 8. The second-order valence-corrected chi connectivity index (χ2v) is 12.4. The van der Waals surface area contributed by atoms with E-state index < -0.39 is 28.0 Å². The quantitative estimate of drug-likeness (QED) is 0.400. The van der Waals surface area contributed by atoms with Gasteiger partial charge in [-0.3, -0.25) is 14.3 Å². The normalized spacial score (nSPS) is 21.9. The number of benzene rings is 1. The zero-order valence-electron chi connectivity index (χ0n) is 21.5. The summed E-state index contributed by atoms with van der Waals surface area (Å²) in [5.74, 6) is -0.937. The first-order valence-electron chi connectivity index (χ1n) is 12.6. The molecule has 12 nitrogen and oxygen atoms in total.